The largest absolute Gasteiger partial charge is 0.459 e. The summed E-state index contributed by atoms with van der Waals surface area (Å²) in [5.74, 6) is 3.54. The minimum atomic E-state index is -1.52. The first-order valence-electron chi connectivity index (χ1n) is 3.17. The smallest absolute Gasteiger partial charge is 0.384 e. The highest BCUT2D eigenvalue weighted by atomic mass is 19.1. The SMILES string of the molecule is COC(=O)C#CC1(F)CNC1. The lowest BCUT2D eigenvalue weighted by Crippen LogP contribution is -2.55. The molecule has 0 bridgehead atoms. The molecule has 1 saturated heterocycles. The van der Waals surface area contributed by atoms with Gasteiger partial charge < -0.3 is 10.1 Å². The van der Waals surface area contributed by atoms with Crippen LogP contribution in [0.3, 0.4) is 0 Å². The third kappa shape index (κ3) is 1.92. The average molecular weight is 157 g/mol. The number of nitrogens with one attached hydrogen (secondary N) is 1. The number of hydrogen-bond acceptors (Lipinski definition) is 3. The summed E-state index contributed by atoms with van der Waals surface area (Å²) in [6, 6.07) is 0. The Morgan fingerprint density at radius 3 is 2.73 bits per heavy atom. The molecule has 0 spiro atoms. The maximum atomic E-state index is 13.0. The molecule has 0 aromatic carbocycles. The van der Waals surface area contributed by atoms with Crippen molar-refractivity contribution in [2.75, 3.05) is 20.2 Å². The summed E-state index contributed by atoms with van der Waals surface area (Å²) in [7, 11) is 1.21. The highest BCUT2D eigenvalue weighted by molar-refractivity contribution is 5.88. The summed E-state index contributed by atoms with van der Waals surface area (Å²) in [5, 5.41) is 2.71. The van der Waals surface area contributed by atoms with Crippen LogP contribution in [-0.4, -0.2) is 31.8 Å². The molecule has 1 aliphatic heterocycles. The van der Waals surface area contributed by atoms with Gasteiger partial charge in [0.25, 0.3) is 0 Å². The monoisotopic (exact) mass is 157 g/mol. The normalized spacial score (nSPS) is 19.1. The minimum absolute atomic E-state index is 0.191. The van der Waals surface area contributed by atoms with Crippen molar-refractivity contribution in [1.82, 2.24) is 5.32 Å². The van der Waals surface area contributed by atoms with Crippen molar-refractivity contribution in [3.05, 3.63) is 0 Å². The van der Waals surface area contributed by atoms with Crippen LogP contribution in [0.1, 0.15) is 0 Å². The zero-order valence-electron chi connectivity index (χ0n) is 6.11. The Morgan fingerprint density at radius 1 is 1.73 bits per heavy atom. The maximum absolute atomic E-state index is 13.0. The van der Waals surface area contributed by atoms with Crippen LogP contribution in [0.15, 0.2) is 0 Å². The van der Waals surface area contributed by atoms with Crippen molar-refractivity contribution < 1.29 is 13.9 Å². The van der Waals surface area contributed by atoms with E-state index in [0.29, 0.717) is 0 Å². The van der Waals surface area contributed by atoms with E-state index in [2.05, 4.69) is 16.0 Å². The van der Waals surface area contributed by atoms with Gasteiger partial charge in [-0.05, 0) is 5.92 Å². The number of methoxy groups -OCH3 is 1. The van der Waals surface area contributed by atoms with E-state index >= 15 is 0 Å². The molecule has 3 nitrogen and oxygen atoms in total. The summed E-state index contributed by atoms with van der Waals surface area (Å²) in [5.41, 5.74) is -1.52. The van der Waals surface area contributed by atoms with Crippen LogP contribution in [0.25, 0.3) is 0 Å². The molecule has 1 aliphatic rings. The topological polar surface area (TPSA) is 38.3 Å². The Kier molecular flexibility index (Phi) is 2.11. The fourth-order valence-electron chi connectivity index (χ4n) is 0.647. The Labute approximate surface area is 63.9 Å². The van der Waals surface area contributed by atoms with E-state index in [1.807, 2.05) is 5.92 Å². The molecule has 1 heterocycles. The molecule has 0 atom stereocenters. The van der Waals surface area contributed by atoms with Crippen LogP contribution in [0.2, 0.25) is 0 Å². The molecular formula is C7H8FNO2. The summed E-state index contributed by atoms with van der Waals surface area (Å²) in [4.78, 5) is 10.4. The van der Waals surface area contributed by atoms with Gasteiger partial charge in [0.2, 0.25) is 0 Å². The zero-order chi connectivity index (χ0) is 8.32. The summed E-state index contributed by atoms with van der Waals surface area (Å²) in [6.07, 6.45) is 0. The van der Waals surface area contributed by atoms with Gasteiger partial charge in [0.15, 0.2) is 5.67 Å². The van der Waals surface area contributed by atoms with Crippen molar-refractivity contribution in [3.8, 4) is 11.8 Å². The fraction of sp³-hybridized carbons (Fsp3) is 0.571. The van der Waals surface area contributed by atoms with Gasteiger partial charge in [-0.15, -0.1) is 0 Å². The number of esters is 1. The first-order valence-corrected chi connectivity index (χ1v) is 3.17. The first kappa shape index (κ1) is 8.02. The predicted molar refractivity (Wildman–Crippen MR) is 36.5 cm³/mol. The van der Waals surface area contributed by atoms with Crippen molar-refractivity contribution in [3.63, 3.8) is 0 Å². The van der Waals surface area contributed by atoms with Crippen molar-refractivity contribution in [2.45, 2.75) is 5.67 Å². The Balaban J connectivity index is 2.48. The number of halogens is 1. The van der Waals surface area contributed by atoms with Gasteiger partial charge in [-0.1, -0.05) is 0 Å². The maximum Gasteiger partial charge on any atom is 0.384 e. The van der Waals surface area contributed by atoms with Gasteiger partial charge in [0.05, 0.1) is 7.11 Å². The van der Waals surface area contributed by atoms with Crippen LogP contribution in [0.5, 0.6) is 0 Å². The summed E-state index contributed by atoms with van der Waals surface area (Å²) in [6.45, 7) is 0.383. The molecule has 0 amide bonds. The molecule has 1 rings (SSSR count). The van der Waals surface area contributed by atoms with Crippen molar-refractivity contribution in [1.29, 1.82) is 0 Å². The summed E-state index contributed by atoms with van der Waals surface area (Å²) < 4.78 is 17.2. The first-order chi connectivity index (χ1) is 5.16. The minimum Gasteiger partial charge on any atom is -0.459 e. The van der Waals surface area contributed by atoms with Crippen LogP contribution >= 0.6 is 0 Å². The van der Waals surface area contributed by atoms with Gasteiger partial charge in [-0.3, -0.25) is 0 Å². The van der Waals surface area contributed by atoms with E-state index in [1.54, 1.807) is 0 Å². The molecule has 0 radical (unpaired) electrons. The van der Waals surface area contributed by atoms with Crippen LogP contribution in [0, 0.1) is 11.8 Å². The lowest BCUT2D eigenvalue weighted by atomic mass is 10.0. The average Bonchev–Trinajstić information content (AvgIpc) is 1.96. The van der Waals surface area contributed by atoms with Gasteiger partial charge in [0.1, 0.15) is 0 Å². The third-order valence-corrected chi connectivity index (χ3v) is 1.38. The van der Waals surface area contributed by atoms with Gasteiger partial charge in [-0.25, -0.2) is 9.18 Å². The highest BCUT2D eigenvalue weighted by Crippen LogP contribution is 2.13. The van der Waals surface area contributed by atoms with Crippen molar-refractivity contribution >= 4 is 5.97 Å². The number of alkyl halides is 1. The second-order valence-corrected chi connectivity index (χ2v) is 2.31. The number of carbonyl (C=O) groups is 1. The van der Waals surface area contributed by atoms with Gasteiger partial charge in [-0.2, -0.15) is 0 Å². The van der Waals surface area contributed by atoms with E-state index in [0.717, 1.165) is 0 Å². The predicted octanol–water partition coefficient (Wildman–Crippen LogP) is -0.526. The molecular weight excluding hydrogens is 149 g/mol. The lowest BCUT2D eigenvalue weighted by Gasteiger charge is -2.29. The second-order valence-electron chi connectivity index (χ2n) is 2.31. The molecule has 0 unspecified atom stereocenters. The Morgan fingerprint density at radius 2 is 2.36 bits per heavy atom. The molecule has 0 aromatic heterocycles. The van der Waals surface area contributed by atoms with E-state index in [1.165, 1.54) is 7.11 Å². The Bertz CT molecular complexity index is 224. The molecule has 1 fully saturated rings. The molecule has 1 N–H and O–H groups in total. The molecule has 0 saturated carbocycles. The van der Waals surface area contributed by atoms with E-state index < -0.39 is 11.6 Å². The molecule has 11 heavy (non-hydrogen) atoms. The number of hydrogen-bond donors (Lipinski definition) is 1. The molecule has 0 aliphatic carbocycles. The van der Waals surface area contributed by atoms with E-state index in [4.69, 9.17) is 0 Å². The van der Waals surface area contributed by atoms with Gasteiger partial charge in [0, 0.05) is 19.0 Å². The highest BCUT2D eigenvalue weighted by Gasteiger charge is 2.34. The number of rotatable bonds is 0. The quantitative estimate of drug-likeness (QED) is 0.292. The molecule has 0 aromatic rings. The number of carbonyl (C=O) groups excluding carboxylic acids is 1. The third-order valence-electron chi connectivity index (χ3n) is 1.38. The Hall–Kier alpha value is -1.08. The van der Waals surface area contributed by atoms with Gasteiger partial charge >= 0.3 is 5.97 Å². The fourth-order valence-corrected chi connectivity index (χ4v) is 0.647. The van der Waals surface area contributed by atoms with Crippen molar-refractivity contribution in [2.24, 2.45) is 0 Å². The van der Waals surface area contributed by atoms with Crippen LogP contribution < -0.4 is 5.32 Å². The zero-order valence-corrected chi connectivity index (χ0v) is 6.11. The summed E-state index contributed by atoms with van der Waals surface area (Å²) >= 11 is 0. The van der Waals surface area contributed by atoms with Crippen LogP contribution in [-0.2, 0) is 9.53 Å². The van der Waals surface area contributed by atoms with E-state index in [9.17, 15) is 9.18 Å². The lowest BCUT2D eigenvalue weighted by molar-refractivity contribution is -0.133. The van der Waals surface area contributed by atoms with Crippen LogP contribution in [0.4, 0.5) is 4.39 Å². The van der Waals surface area contributed by atoms with E-state index in [-0.39, 0.29) is 13.1 Å². The second kappa shape index (κ2) is 2.89. The standard InChI is InChI=1S/C7H8FNO2/c1-11-6(10)2-3-7(8)4-9-5-7/h9H,4-5H2,1H3. The molecule has 60 valence electrons. The molecule has 4 heteroatoms. The number of ether oxygens (including phenoxy) is 1.